The molecule has 0 fully saturated rings. The van der Waals surface area contributed by atoms with Gasteiger partial charge in [-0.25, -0.2) is 0 Å². The average molecular weight is 1020 g/mol. The van der Waals surface area contributed by atoms with Crippen LogP contribution in [0.3, 0.4) is 0 Å². The van der Waals surface area contributed by atoms with Gasteiger partial charge in [-0.05, 0) is 135 Å². The van der Waals surface area contributed by atoms with Crippen molar-refractivity contribution >= 4 is 17.9 Å². The molecule has 410 valence electrons. The molecule has 1 unspecified atom stereocenters. The zero-order chi connectivity index (χ0) is 54.3. The number of rotatable bonds is 47. The molecule has 0 aromatic rings. The smallest absolute Gasteiger partial charge is 0.306 e. The van der Waals surface area contributed by atoms with Crippen LogP contribution in [-0.4, -0.2) is 37.2 Å². The van der Waals surface area contributed by atoms with Gasteiger partial charge >= 0.3 is 17.9 Å². The first-order valence-electron chi connectivity index (χ1n) is 28.2. The Balaban J connectivity index is 4.79. The lowest BCUT2D eigenvalue weighted by Gasteiger charge is -2.18. The van der Waals surface area contributed by atoms with E-state index in [1.807, 2.05) is 36.5 Å². The normalized spacial score (nSPS) is 13.8. The van der Waals surface area contributed by atoms with E-state index in [0.717, 1.165) is 116 Å². The second kappa shape index (κ2) is 60.3. The lowest BCUT2D eigenvalue weighted by Crippen LogP contribution is -2.30. The van der Waals surface area contributed by atoms with Gasteiger partial charge in [0.2, 0.25) is 0 Å². The topological polar surface area (TPSA) is 78.9 Å². The monoisotopic (exact) mass is 1020 g/mol. The summed E-state index contributed by atoms with van der Waals surface area (Å²) in [5.74, 6) is -1.25. The second-order valence-electron chi connectivity index (χ2n) is 17.3. The summed E-state index contributed by atoms with van der Waals surface area (Å²) in [6.45, 7) is 6.06. The molecule has 0 radical (unpaired) electrons. The van der Waals surface area contributed by atoms with Crippen LogP contribution in [0.1, 0.15) is 175 Å². The highest BCUT2D eigenvalue weighted by atomic mass is 16.6. The SMILES string of the molecule is CC/C=C\C/C=C\C/C=C\C/C=C\C/C=C\C/C=C\CCC(=O)OC(COC(=O)CC/C=C\C/C=C\C/C=C/C/C=C\C/C=C/C/C=C\CC)COC(=O)CC/C=C\C/C=C/C/C=C\C/C=C\C/C=C\C/C=C\CC. The molecule has 0 N–H and O–H groups in total. The molecular formula is C69H98O6. The van der Waals surface area contributed by atoms with Crippen LogP contribution in [-0.2, 0) is 28.6 Å². The quantitative estimate of drug-likeness (QED) is 0.0343. The minimum absolute atomic E-state index is 0.159. The van der Waals surface area contributed by atoms with Crippen LogP contribution in [0.2, 0.25) is 0 Å². The van der Waals surface area contributed by atoms with Crippen LogP contribution in [0, 0.1) is 0 Å². The molecule has 75 heavy (non-hydrogen) atoms. The van der Waals surface area contributed by atoms with E-state index < -0.39 is 24.0 Å². The largest absolute Gasteiger partial charge is 0.462 e. The molecule has 0 heterocycles. The van der Waals surface area contributed by atoms with E-state index in [4.69, 9.17) is 14.2 Å². The lowest BCUT2D eigenvalue weighted by molar-refractivity contribution is -0.166. The van der Waals surface area contributed by atoms with Crippen LogP contribution in [0.5, 0.6) is 0 Å². The molecule has 0 saturated carbocycles. The third-order valence-electron chi connectivity index (χ3n) is 10.5. The zero-order valence-electron chi connectivity index (χ0n) is 46.7. The molecule has 0 spiro atoms. The summed E-state index contributed by atoms with van der Waals surface area (Å²) in [5, 5.41) is 0. The molecule has 1 atom stereocenters. The number of hydrogen-bond donors (Lipinski definition) is 0. The predicted molar refractivity (Wildman–Crippen MR) is 324 cm³/mol. The van der Waals surface area contributed by atoms with Crippen LogP contribution in [0.25, 0.3) is 0 Å². The third kappa shape index (κ3) is 58.5. The van der Waals surface area contributed by atoms with Gasteiger partial charge < -0.3 is 14.2 Å². The molecule has 0 aromatic heterocycles. The first kappa shape index (κ1) is 68.7. The van der Waals surface area contributed by atoms with Crippen LogP contribution in [0.15, 0.2) is 219 Å². The maximum atomic E-state index is 12.8. The van der Waals surface area contributed by atoms with Gasteiger partial charge in [0, 0.05) is 19.3 Å². The minimum atomic E-state index is -0.896. The second-order valence-corrected chi connectivity index (χ2v) is 17.3. The van der Waals surface area contributed by atoms with E-state index in [9.17, 15) is 14.4 Å². The van der Waals surface area contributed by atoms with E-state index in [-0.39, 0.29) is 32.5 Å². The van der Waals surface area contributed by atoms with Gasteiger partial charge in [-0.2, -0.15) is 0 Å². The van der Waals surface area contributed by atoms with Crippen molar-refractivity contribution in [3.8, 4) is 0 Å². The lowest BCUT2D eigenvalue weighted by atomic mass is 10.2. The maximum Gasteiger partial charge on any atom is 0.306 e. The van der Waals surface area contributed by atoms with Gasteiger partial charge in [0.05, 0.1) is 0 Å². The molecule has 6 nitrogen and oxygen atoms in total. The van der Waals surface area contributed by atoms with Crippen LogP contribution < -0.4 is 0 Å². The minimum Gasteiger partial charge on any atom is -0.462 e. The van der Waals surface area contributed by atoms with Gasteiger partial charge in [0.15, 0.2) is 6.10 Å². The number of carbonyl (C=O) groups is 3. The van der Waals surface area contributed by atoms with E-state index in [2.05, 4.69) is 203 Å². The van der Waals surface area contributed by atoms with Gasteiger partial charge in [0.1, 0.15) is 13.2 Å². The van der Waals surface area contributed by atoms with Gasteiger partial charge in [0.25, 0.3) is 0 Å². The van der Waals surface area contributed by atoms with E-state index >= 15 is 0 Å². The number of hydrogen-bond acceptors (Lipinski definition) is 6. The molecule has 0 saturated heterocycles. The van der Waals surface area contributed by atoms with Crippen molar-refractivity contribution in [1.29, 1.82) is 0 Å². The highest BCUT2D eigenvalue weighted by Gasteiger charge is 2.19. The summed E-state index contributed by atoms with van der Waals surface area (Å²) < 4.78 is 16.6. The van der Waals surface area contributed by atoms with Crippen LogP contribution >= 0.6 is 0 Å². The van der Waals surface area contributed by atoms with Gasteiger partial charge in [-0.15, -0.1) is 0 Å². The molecule has 0 rings (SSSR count). The summed E-state index contributed by atoms with van der Waals surface area (Å²) in [7, 11) is 0. The van der Waals surface area contributed by atoms with E-state index in [1.54, 1.807) is 0 Å². The van der Waals surface area contributed by atoms with E-state index in [0.29, 0.717) is 19.3 Å². The first-order chi connectivity index (χ1) is 37.0. The summed E-state index contributed by atoms with van der Waals surface area (Å²) >= 11 is 0. The number of esters is 3. The van der Waals surface area contributed by atoms with Crippen molar-refractivity contribution in [2.24, 2.45) is 0 Å². The molecule has 0 aromatic carbocycles. The molecular weight excluding hydrogens is 925 g/mol. The third-order valence-corrected chi connectivity index (χ3v) is 10.5. The Kier molecular flexibility index (Phi) is 55.2. The summed E-state index contributed by atoms with van der Waals surface area (Å²) in [6, 6.07) is 0. The Morgan fingerprint density at radius 3 is 0.627 bits per heavy atom. The van der Waals surface area contributed by atoms with Gasteiger partial charge in [-0.3, -0.25) is 14.4 Å². The van der Waals surface area contributed by atoms with Crippen molar-refractivity contribution in [3.63, 3.8) is 0 Å². The molecule has 0 amide bonds. The van der Waals surface area contributed by atoms with E-state index in [1.165, 1.54) is 0 Å². The number of ether oxygens (including phenoxy) is 3. The standard InChI is InChI=1S/C69H98O6/c1-4-7-10-13-16-19-22-25-28-31-34-37-40-43-46-49-52-55-58-61-67(70)73-64-66(75-69(72)63-60-57-54-51-48-45-42-39-36-33-30-27-24-21-18-15-12-9-6-3)65-74-68(71)62-59-56-53-50-47-44-41-38-35-32-29-26-23-20-17-14-11-8-5-2/h7-12,16-21,25-30,34-39,43-48,52-57,66H,4-6,13-15,22-24,31-33,40-42,49-51,58-65H2,1-3H3/b10-7-,11-8-,12-9-,19-16-,20-17+,21-18-,28-25-,29-26-,30-27-,37-34-,38-35+,39-36-,46-43+,47-44-,48-45-,55-52-,56-53-,57-54-. The summed E-state index contributed by atoms with van der Waals surface area (Å²) in [6.07, 6.45) is 95.3. The fourth-order valence-corrected chi connectivity index (χ4v) is 6.40. The number of carbonyl (C=O) groups excluding carboxylic acids is 3. The van der Waals surface area contributed by atoms with Crippen molar-refractivity contribution in [2.75, 3.05) is 13.2 Å². The van der Waals surface area contributed by atoms with Gasteiger partial charge in [-0.1, -0.05) is 240 Å². The fourth-order valence-electron chi connectivity index (χ4n) is 6.40. The highest BCUT2D eigenvalue weighted by molar-refractivity contribution is 5.71. The Morgan fingerprint density at radius 1 is 0.253 bits per heavy atom. The highest BCUT2D eigenvalue weighted by Crippen LogP contribution is 2.07. The summed E-state index contributed by atoms with van der Waals surface area (Å²) in [5.41, 5.74) is 0. The summed E-state index contributed by atoms with van der Waals surface area (Å²) in [4.78, 5) is 38.1. The zero-order valence-corrected chi connectivity index (χ0v) is 46.7. The Morgan fingerprint density at radius 2 is 0.427 bits per heavy atom. The number of allylic oxidation sites excluding steroid dienone is 36. The fraction of sp³-hybridized carbons (Fsp3) is 0.435. The molecule has 0 bridgehead atoms. The predicted octanol–water partition coefficient (Wildman–Crippen LogP) is 19.4. The van der Waals surface area contributed by atoms with Crippen molar-refractivity contribution in [2.45, 2.75) is 181 Å². The van der Waals surface area contributed by atoms with Crippen LogP contribution in [0.4, 0.5) is 0 Å². The van der Waals surface area contributed by atoms with Crippen molar-refractivity contribution in [3.05, 3.63) is 219 Å². The maximum absolute atomic E-state index is 12.8. The van der Waals surface area contributed by atoms with Crippen molar-refractivity contribution in [1.82, 2.24) is 0 Å². The molecule has 0 aliphatic heterocycles. The molecule has 0 aliphatic carbocycles. The molecule has 6 heteroatoms. The average Bonchev–Trinajstić information content (AvgIpc) is 3.41. The molecule has 0 aliphatic rings. The van der Waals surface area contributed by atoms with Crippen molar-refractivity contribution < 1.29 is 28.6 Å². The Labute approximate surface area is 457 Å². The Hall–Kier alpha value is -6.27. The first-order valence-corrected chi connectivity index (χ1v) is 28.2. The Bertz CT molecular complexity index is 1850.